The first-order chi connectivity index (χ1) is 15.4. The van der Waals surface area contributed by atoms with Crippen molar-refractivity contribution in [2.24, 2.45) is 0 Å². The fraction of sp³-hybridized carbons (Fsp3) is 0.720. The van der Waals surface area contributed by atoms with Gasteiger partial charge in [0.05, 0.1) is 0 Å². The molecular formula is C25H43NO4S2. The van der Waals surface area contributed by atoms with Crippen LogP contribution in [0.2, 0.25) is 0 Å². The van der Waals surface area contributed by atoms with E-state index < -0.39 is 11.2 Å². The summed E-state index contributed by atoms with van der Waals surface area (Å²) in [5.41, 5.74) is 1.17. The Balaban J connectivity index is 0.000000433. The summed E-state index contributed by atoms with van der Waals surface area (Å²) in [6.45, 7) is 10.3. The second kappa shape index (κ2) is 17.4. The Kier molecular flexibility index (Phi) is 15.8. The Hall–Kier alpha value is -1.05. The highest BCUT2D eigenvalue weighted by molar-refractivity contribution is 7.96. The molecule has 32 heavy (non-hydrogen) atoms. The summed E-state index contributed by atoms with van der Waals surface area (Å²) in [5.74, 6) is 2.45. The number of ether oxygens (including phenoxy) is 2. The molecule has 1 aliphatic heterocycles. The van der Waals surface area contributed by atoms with Crippen molar-refractivity contribution in [2.75, 3.05) is 25.6 Å². The predicted octanol–water partition coefficient (Wildman–Crippen LogP) is 6.61. The van der Waals surface area contributed by atoms with E-state index >= 15 is 0 Å². The van der Waals surface area contributed by atoms with E-state index in [-0.39, 0.29) is 10.5 Å². The van der Waals surface area contributed by atoms with E-state index in [1.165, 1.54) is 37.7 Å². The maximum Gasteiger partial charge on any atom is 0.278 e. The Bertz CT molecular complexity index is 644. The van der Waals surface area contributed by atoms with Crippen molar-refractivity contribution in [3.8, 4) is 11.5 Å². The molecule has 1 heterocycles. The van der Waals surface area contributed by atoms with Crippen LogP contribution in [0.1, 0.15) is 84.6 Å². The quantitative estimate of drug-likeness (QED) is 0.183. The molecule has 0 saturated carbocycles. The fourth-order valence-corrected chi connectivity index (χ4v) is 4.97. The monoisotopic (exact) mass is 485 g/mol. The van der Waals surface area contributed by atoms with Crippen molar-refractivity contribution >= 4 is 29.0 Å². The molecule has 0 saturated heterocycles. The summed E-state index contributed by atoms with van der Waals surface area (Å²) in [4.78, 5) is 12.4. The summed E-state index contributed by atoms with van der Waals surface area (Å²) >= 11 is 2.99. The van der Waals surface area contributed by atoms with Crippen LogP contribution in [0, 0.1) is 0 Å². The second-order valence-electron chi connectivity index (χ2n) is 8.27. The van der Waals surface area contributed by atoms with Crippen LogP contribution in [0.15, 0.2) is 18.2 Å². The zero-order valence-electron chi connectivity index (χ0n) is 20.4. The van der Waals surface area contributed by atoms with Gasteiger partial charge in [0.25, 0.3) is 5.24 Å². The van der Waals surface area contributed by atoms with E-state index in [2.05, 4.69) is 33.4 Å². The number of carbonyl (C=O) groups excluding carboxylic acids is 1. The van der Waals surface area contributed by atoms with Gasteiger partial charge in [0.15, 0.2) is 11.5 Å². The molecule has 0 radical (unpaired) electrons. The first kappa shape index (κ1) is 29.0. The average Bonchev–Trinajstić information content (AvgIpc) is 3.24. The topological polar surface area (TPSA) is 61.8 Å². The van der Waals surface area contributed by atoms with Gasteiger partial charge in [-0.25, -0.2) is 0 Å². The molecule has 5 nitrogen and oxygen atoms in total. The van der Waals surface area contributed by atoms with Crippen LogP contribution in [-0.4, -0.2) is 45.6 Å². The average molecular weight is 486 g/mol. The lowest BCUT2D eigenvalue weighted by Gasteiger charge is -2.18. The third-order valence-electron chi connectivity index (χ3n) is 5.54. The van der Waals surface area contributed by atoms with Crippen LogP contribution in [0.4, 0.5) is 4.79 Å². The summed E-state index contributed by atoms with van der Waals surface area (Å²) in [6, 6.07) is 6.01. The van der Waals surface area contributed by atoms with Gasteiger partial charge in [-0.1, -0.05) is 75.8 Å². The molecule has 1 aromatic carbocycles. The van der Waals surface area contributed by atoms with Gasteiger partial charge in [0.2, 0.25) is 6.79 Å². The van der Waals surface area contributed by atoms with Gasteiger partial charge in [-0.15, -0.1) is 0 Å². The molecule has 1 aromatic rings. The van der Waals surface area contributed by atoms with Crippen LogP contribution in [-0.2, 0) is 17.6 Å². The van der Waals surface area contributed by atoms with Gasteiger partial charge in [-0.2, -0.15) is 0 Å². The second-order valence-corrected chi connectivity index (χ2v) is 10.6. The number of hydrogen-bond donors (Lipinski definition) is 1. The third-order valence-corrected chi connectivity index (χ3v) is 7.58. The lowest BCUT2D eigenvalue weighted by Crippen LogP contribution is -2.26. The largest absolute Gasteiger partial charge is 0.616 e. The molecule has 0 bridgehead atoms. The number of unbranched alkanes of at least 4 members (excludes halogenated alkanes) is 6. The number of benzene rings is 1. The lowest BCUT2D eigenvalue weighted by atomic mass is 10.1. The first-order valence-corrected chi connectivity index (χ1v) is 14.0. The summed E-state index contributed by atoms with van der Waals surface area (Å²) < 4.78 is 23.0. The number of hydrogen-bond acceptors (Lipinski definition) is 4. The molecule has 1 amide bonds. The van der Waals surface area contributed by atoms with Crippen LogP contribution >= 0.6 is 12.6 Å². The number of rotatable bonds is 14. The molecule has 0 spiro atoms. The van der Waals surface area contributed by atoms with Crippen molar-refractivity contribution in [3.63, 3.8) is 0 Å². The van der Waals surface area contributed by atoms with Gasteiger partial charge < -0.3 is 18.9 Å². The highest BCUT2D eigenvalue weighted by Gasteiger charge is 2.19. The van der Waals surface area contributed by atoms with Gasteiger partial charge in [0, 0.05) is 19.5 Å². The Morgan fingerprint density at radius 3 is 2.38 bits per heavy atom. The SMILES string of the molecule is CCCCCCCC[S+]([O-])C(C)Cc1ccc2c(c1)OCO2.CCCCN(CC)C(=O)S. The van der Waals surface area contributed by atoms with Gasteiger partial charge in [-0.3, -0.25) is 4.79 Å². The van der Waals surface area contributed by atoms with E-state index in [9.17, 15) is 9.35 Å². The molecule has 0 N–H and O–H groups in total. The standard InChI is InChI=1S/C18H28O3S.C7H15NOS/c1-3-4-5-6-7-8-11-22(19)15(2)12-16-9-10-17-18(13-16)21-14-20-17;1-3-5-6-8(4-2)7(9)10/h9-10,13,15H,3-8,11-12,14H2,1-2H3;3-6H2,1-2H3,(H,9,10). The van der Waals surface area contributed by atoms with Crippen LogP contribution in [0.3, 0.4) is 0 Å². The molecule has 2 atom stereocenters. The van der Waals surface area contributed by atoms with Crippen molar-refractivity contribution < 1.29 is 18.8 Å². The van der Waals surface area contributed by atoms with Gasteiger partial charge in [-0.05, 0) is 50.8 Å². The molecule has 1 aliphatic rings. The Morgan fingerprint density at radius 1 is 1.06 bits per heavy atom. The highest BCUT2D eigenvalue weighted by Crippen LogP contribution is 2.33. The highest BCUT2D eigenvalue weighted by atomic mass is 32.2. The summed E-state index contributed by atoms with van der Waals surface area (Å²) in [7, 11) is 0. The van der Waals surface area contributed by atoms with Crippen molar-refractivity contribution in [2.45, 2.75) is 90.7 Å². The van der Waals surface area contributed by atoms with Crippen LogP contribution in [0.25, 0.3) is 0 Å². The van der Waals surface area contributed by atoms with E-state index in [1.54, 1.807) is 4.90 Å². The molecule has 2 unspecified atom stereocenters. The molecule has 0 aliphatic carbocycles. The number of amides is 1. The summed E-state index contributed by atoms with van der Waals surface area (Å²) in [5, 5.41) is 0.0759. The maximum atomic E-state index is 12.3. The van der Waals surface area contributed by atoms with Gasteiger partial charge >= 0.3 is 0 Å². The molecule has 0 fully saturated rings. The maximum absolute atomic E-state index is 12.3. The van der Waals surface area contributed by atoms with E-state index in [0.29, 0.717) is 6.79 Å². The Morgan fingerprint density at radius 2 is 1.72 bits per heavy atom. The van der Waals surface area contributed by atoms with E-state index in [0.717, 1.165) is 56.0 Å². The van der Waals surface area contributed by atoms with Crippen molar-refractivity contribution in [1.29, 1.82) is 0 Å². The number of carbonyl (C=O) groups is 1. The van der Waals surface area contributed by atoms with Crippen LogP contribution < -0.4 is 9.47 Å². The van der Waals surface area contributed by atoms with Crippen LogP contribution in [0.5, 0.6) is 11.5 Å². The molecule has 2 rings (SSSR count). The number of fused-ring (bicyclic) bond motifs is 1. The lowest BCUT2D eigenvalue weighted by molar-refractivity contribution is 0.174. The minimum atomic E-state index is -0.743. The van der Waals surface area contributed by atoms with Crippen molar-refractivity contribution in [1.82, 2.24) is 4.90 Å². The van der Waals surface area contributed by atoms with E-state index in [1.807, 2.05) is 25.1 Å². The normalized spacial score (nSPS) is 13.8. The number of nitrogens with zero attached hydrogens (tertiary/aromatic N) is 1. The minimum absolute atomic E-state index is 0.115. The third kappa shape index (κ3) is 11.7. The molecule has 0 aromatic heterocycles. The Labute approximate surface area is 204 Å². The van der Waals surface area contributed by atoms with Crippen molar-refractivity contribution in [3.05, 3.63) is 23.8 Å². The molecular weight excluding hydrogens is 442 g/mol. The van der Waals surface area contributed by atoms with E-state index in [4.69, 9.17) is 9.47 Å². The fourth-order valence-electron chi connectivity index (χ4n) is 3.46. The summed E-state index contributed by atoms with van der Waals surface area (Å²) in [6.07, 6.45) is 10.5. The minimum Gasteiger partial charge on any atom is -0.616 e. The predicted molar refractivity (Wildman–Crippen MR) is 139 cm³/mol. The first-order valence-electron chi connectivity index (χ1n) is 12.2. The van der Waals surface area contributed by atoms with Gasteiger partial charge in [0.1, 0.15) is 11.0 Å². The molecule has 7 heteroatoms. The zero-order chi connectivity index (χ0) is 23.8. The zero-order valence-corrected chi connectivity index (χ0v) is 22.1. The molecule has 184 valence electrons. The number of thiol groups is 1. The smallest absolute Gasteiger partial charge is 0.278 e.